The summed E-state index contributed by atoms with van der Waals surface area (Å²) < 4.78 is 5.15. The summed E-state index contributed by atoms with van der Waals surface area (Å²) in [6, 6.07) is 5.66. The monoisotopic (exact) mass is 203 g/mol. The molecule has 1 N–H and O–H groups in total. The molecule has 3 nitrogen and oxygen atoms in total. The molecular formula is C12H13NO2. The first-order valence-corrected chi connectivity index (χ1v) is 4.87. The molecule has 2 aromatic rings. The lowest BCUT2D eigenvalue weighted by atomic mass is 10.1. The lowest BCUT2D eigenvalue weighted by Crippen LogP contribution is -2.00. The van der Waals surface area contributed by atoms with Crippen molar-refractivity contribution in [2.24, 2.45) is 0 Å². The van der Waals surface area contributed by atoms with Crippen molar-refractivity contribution in [1.82, 2.24) is 4.98 Å². The fraction of sp³-hybridized carbons (Fsp3) is 0.250. The number of rotatable bonds is 3. The van der Waals surface area contributed by atoms with Crippen LogP contribution in [-0.2, 0) is 6.42 Å². The maximum atomic E-state index is 9.90. The molecule has 0 aliphatic rings. The highest BCUT2D eigenvalue weighted by atomic mass is 16.3. The van der Waals surface area contributed by atoms with Gasteiger partial charge in [-0.1, -0.05) is 6.07 Å². The quantitative estimate of drug-likeness (QED) is 0.832. The zero-order valence-corrected chi connectivity index (χ0v) is 8.55. The van der Waals surface area contributed by atoms with E-state index in [9.17, 15) is 5.11 Å². The van der Waals surface area contributed by atoms with Gasteiger partial charge in [0.2, 0.25) is 0 Å². The van der Waals surface area contributed by atoms with Gasteiger partial charge in [-0.2, -0.15) is 0 Å². The van der Waals surface area contributed by atoms with Crippen LogP contribution in [-0.4, -0.2) is 10.1 Å². The Balaban J connectivity index is 2.07. The zero-order chi connectivity index (χ0) is 10.7. The summed E-state index contributed by atoms with van der Waals surface area (Å²) in [6.07, 6.45) is 5.11. The van der Waals surface area contributed by atoms with Gasteiger partial charge in [-0.25, -0.2) is 0 Å². The van der Waals surface area contributed by atoms with Crippen LogP contribution in [0.15, 0.2) is 41.3 Å². The second-order valence-electron chi connectivity index (χ2n) is 3.57. The van der Waals surface area contributed by atoms with Crippen LogP contribution < -0.4 is 0 Å². The number of aliphatic hydroxyl groups is 1. The van der Waals surface area contributed by atoms with E-state index in [4.69, 9.17) is 4.42 Å². The Hall–Kier alpha value is -1.61. The standard InChI is InChI=1S/C12H13NO2/c1-9-5-11(8-15-9)12(14)6-10-3-2-4-13-7-10/h2-5,7-8,12,14H,6H2,1H3. The average molecular weight is 203 g/mol. The Morgan fingerprint density at radius 3 is 3.00 bits per heavy atom. The fourth-order valence-electron chi connectivity index (χ4n) is 1.50. The maximum absolute atomic E-state index is 9.90. The molecule has 0 aliphatic carbocycles. The summed E-state index contributed by atoms with van der Waals surface area (Å²) in [4.78, 5) is 4.00. The number of pyridine rings is 1. The van der Waals surface area contributed by atoms with Gasteiger partial charge in [-0.15, -0.1) is 0 Å². The molecule has 2 aromatic heterocycles. The summed E-state index contributed by atoms with van der Waals surface area (Å²) in [6.45, 7) is 1.86. The van der Waals surface area contributed by atoms with E-state index in [1.807, 2.05) is 25.1 Å². The van der Waals surface area contributed by atoms with Gasteiger partial charge in [0.25, 0.3) is 0 Å². The molecule has 0 fully saturated rings. The van der Waals surface area contributed by atoms with Crippen LogP contribution in [0.1, 0.15) is 23.0 Å². The lowest BCUT2D eigenvalue weighted by Gasteiger charge is -2.07. The van der Waals surface area contributed by atoms with E-state index < -0.39 is 6.10 Å². The first-order valence-electron chi connectivity index (χ1n) is 4.87. The molecule has 0 radical (unpaired) electrons. The van der Waals surface area contributed by atoms with Crippen molar-refractivity contribution in [3.63, 3.8) is 0 Å². The van der Waals surface area contributed by atoms with Crippen LogP contribution in [0.4, 0.5) is 0 Å². The number of furan rings is 1. The Kier molecular flexibility index (Phi) is 2.83. The van der Waals surface area contributed by atoms with Crippen molar-refractivity contribution in [3.05, 3.63) is 53.7 Å². The minimum absolute atomic E-state index is 0.522. The highest BCUT2D eigenvalue weighted by molar-refractivity contribution is 5.18. The molecule has 0 spiro atoms. The second-order valence-corrected chi connectivity index (χ2v) is 3.57. The van der Waals surface area contributed by atoms with Gasteiger partial charge in [0.15, 0.2) is 0 Å². The number of hydrogen-bond acceptors (Lipinski definition) is 3. The molecule has 15 heavy (non-hydrogen) atoms. The van der Waals surface area contributed by atoms with E-state index in [2.05, 4.69) is 4.98 Å². The van der Waals surface area contributed by atoms with Gasteiger partial charge >= 0.3 is 0 Å². The maximum Gasteiger partial charge on any atom is 0.101 e. The van der Waals surface area contributed by atoms with Gasteiger partial charge < -0.3 is 9.52 Å². The van der Waals surface area contributed by atoms with E-state index in [1.165, 1.54) is 0 Å². The smallest absolute Gasteiger partial charge is 0.101 e. The highest BCUT2D eigenvalue weighted by Crippen LogP contribution is 2.19. The molecule has 3 heteroatoms. The fourth-order valence-corrected chi connectivity index (χ4v) is 1.50. The summed E-state index contributed by atoms with van der Waals surface area (Å²) in [7, 11) is 0. The lowest BCUT2D eigenvalue weighted by molar-refractivity contribution is 0.177. The topological polar surface area (TPSA) is 46.3 Å². The van der Waals surface area contributed by atoms with Gasteiger partial charge in [0.1, 0.15) is 5.76 Å². The van der Waals surface area contributed by atoms with E-state index in [0.29, 0.717) is 6.42 Å². The number of aromatic nitrogens is 1. The van der Waals surface area contributed by atoms with Crippen molar-refractivity contribution in [2.45, 2.75) is 19.4 Å². The van der Waals surface area contributed by atoms with Crippen LogP contribution in [0, 0.1) is 6.92 Å². The third-order valence-corrected chi connectivity index (χ3v) is 2.29. The molecule has 0 amide bonds. The number of nitrogens with zero attached hydrogens (tertiary/aromatic N) is 1. The molecule has 1 unspecified atom stereocenters. The summed E-state index contributed by atoms with van der Waals surface area (Å²) in [5.74, 6) is 0.815. The van der Waals surface area contributed by atoms with Crippen LogP contribution in [0.3, 0.4) is 0 Å². The predicted molar refractivity (Wildman–Crippen MR) is 56.3 cm³/mol. The van der Waals surface area contributed by atoms with Gasteiger partial charge in [0.05, 0.1) is 12.4 Å². The SMILES string of the molecule is Cc1cc(C(O)Cc2cccnc2)co1. The molecule has 2 rings (SSSR count). The summed E-state index contributed by atoms with van der Waals surface area (Å²) in [5, 5.41) is 9.90. The van der Waals surface area contributed by atoms with Gasteiger partial charge in [-0.3, -0.25) is 4.98 Å². The average Bonchev–Trinajstić information content (AvgIpc) is 2.66. The van der Waals surface area contributed by atoms with Crippen molar-refractivity contribution in [2.75, 3.05) is 0 Å². The molecule has 0 bridgehead atoms. The van der Waals surface area contributed by atoms with E-state index in [1.54, 1.807) is 18.7 Å². The van der Waals surface area contributed by atoms with Gasteiger partial charge in [-0.05, 0) is 24.6 Å². The van der Waals surface area contributed by atoms with E-state index >= 15 is 0 Å². The Morgan fingerprint density at radius 2 is 2.40 bits per heavy atom. The van der Waals surface area contributed by atoms with Crippen molar-refractivity contribution in [1.29, 1.82) is 0 Å². The minimum Gasteiger partial charge on any atom is -0.469 e. The predicted octanol–water partition coefficient (Wildman–Crippen LogP) is 2.26. The van der Waals surface area contributed by atoms with E-state index in [0.717, 1.165) is 16.9 Å². The number of hydrogen-bond donors (Lipinski definition) is 1. The zero-order valence-electron chi connectivity index (χ0n) is 8.55. The number of aliphatic hydroxyl groups excluding tert-OH is 1. The molecule has 1 atom stereocenters. The molecule has 0 saturated carbocycles. The highest BCUT2D eigenvalue weighted by Gasteiger charge is 2.10. The minimum atomic E-state index is -0.522. The third-order valence-electron chi connectivity index (χ3n) is 2.29. The van der Waals surface area contributed by atoms with Crippen molar-refractivity contribution < 1.29 is 9.52 Å². The molecule has 2 heterocycles. The van der Waals surface area contributed by atoms with Crippen molar-refractivity contribution in [3.8, 4) is 0 Å². The first-order chi connectivity index (χ1) is 7.25. The Bertz CT molecular complexity index is 422. The van der Waals surface area contributed by atoms with Gasteiger partial charge in [0, 0.05) is 24.4 Å². The largest absolute Gasteiger partial charge is 0.469 e. The van der Waals surface area contributed by atoms with E-state index in [-0.39, 0.29) is 0 Å². The second kappa shape index (κ2) is 4.28. The Labute approximate surface area is 88.4 Å². The molecule has 78 valence electrons. The molecule has 0 saturated heterocycles. The first kappa shape index (κ1) is 9.93. The molecular weight excluding hydrogens is 190 g/mol. The Morgan fingerprint density at radius 1 is 1.53 bits per heavy atom. The van der Waals surface area contributed by atoms with Crippen molar-refractivity contribution >= 4 is 0 Å². The van der Waals surface area contributed by atoms with Crippen LogP contribution >= 0.6 is 0 Å². The van der Waals surface area contributed by atoms with Crippen LogP contribution in [0.25, 0.3) is 0 Å². The molecule has 0 aliphatic heterocycles. The summed E-state index contributed by atoms with van der Waals surface area (Å²) in [5.41, 5.74) is 1.83. The summed E-state index contributed by atoms with van der Waals surface area (Å²) >= 11 is 0. The van der Waals surface area contributed by atoms with Crippen LogP contribution in [0.2, 0.25) is 0 Å². The number of aryl methyl sites for hydroxylation is 1. The third kappa shape index (κ3) is 2.44. The normalized spacial score (nSPS) is 12.7. The van der Waals surface area contributed by atoms with Crippen LogP contribution in [0.5, 0.6) is 0 Å². The molecule has 0 aromatic carbocycles.